The number of carbonyl (C=O) groups excluding carboxylic acids is 1. The molecule has 0 bridgehead atoms. The molecule has 1 saturated heterocycles. The molecule has 0 aromatic carbocycles. The van der Waals surface area contributed by atoms with Gasteiger partial charge in [-0.1, -0.05) is 6.92 Å². The van der Waals surface area contributed by atoms with Gasteiger partial charge in [-0.2, -0.15) is 0 Å². The summed E-state index contributed by atoms with van der Waals surface area (Å²) in [6.45, 7) is 10.7. The number of anilines is 1. The van der Waals surface area contributed by atoms with Crippen molar-refractivity contribution in [1.29, 1.82) is 0 Å². The van der Waals surface area contributed by atoms with Crippen LogP contribution < -0.4 is 4.90 Å². The Labute approximate surface area is 108 Å². The topological polar surface area (TPSA) is 49.3 Å². The minimum Gasteiger partial charge on any atom is -0.338 e. The van der Waals surface area contributed by atoms with Gasteiger partial charge in [0.1, 0.15) is 0 Å². The van der Waals surface area contributed by atoms with Crippen LogP contribution in [0.25, 0.3) is 0 Å². The second-order valence-electron chi connectivity index (χ2n) is 4.65. The average Bonchev–Trinajstić information content (AvgIpc) is 2.38. The van der Waals surface area contributed by atoms with Gasteiger partial charge in [0.05, 0.1) is 11.3 Å². The van der Waals surface area contributed by atoms with Gasteiger partial charge in [-0.05, 0) is 20.4 Å². The second-order valence-corrected chi connectivity index (χ2v) is 4.65. The summed E-state index contributed by atoms with van der Waals surface area (Å²) in [6.07, 6.45) is 1.65. The molecule has 0 N–H and O–H groups in total. The molecule has 0 atom stereocenters. The molecule has 0 spiro atoms. The molecule has 2 rings (SSSR count). The van der Waals surface area contributed by atoms with Crippen molar-refractivity contribution < 1.29 is 4.79 Å². The predicted octanol–water partition coefficient (Wildman–Crippen LogP) is 1.13. The van der Waals surface area contributed by atoms with Gasteiger partial charge in [0.15, 0.2) is 5.78 Å². The number of ketones is 1. The van der Waals surface area contributed by atoms with Crippen molar-refractivity contribution >= 4 is 11.7 Å². The highest BCUT2D eigenvalue weighted by Crippen LogP contribution is 2.13. The van der Waals surface area contributed by atoms with Crippen molar-refractivity contribution in [1.82, 2.24) is 14.9 Å². The Bertz CT molecular complexity index is 439. The number of hydrogen-bond donors (Lipinski definition) is 0. The highest BCUT2D eigenvalue weighted by atomic mass is 16.1. The minimum absolute atomic E-state index is 0.0230. The van der Waals surface area contributed by atoms with Crippen LogP contribution in [-0.4, -0.2) is 53.4 Å². The Kier molecular flexibility index (Phi) is 3.91. The zero-order valence-corrected chi connectivity index (χ0v) is 11.3. The number of piperazine rings is 1. The lowest BCUT2D eigenvalue weighted by molar-refractivity contribution is 0.101. The molecule has 5 heteroatoms. The van der Waals surface area contributed by atoms with Crippen molar-refractivity contribution in [2.75, 3.05) is 37.6 Å². The van der Waals surface area contributed by atoms with Crippen molar-refractivity contribution in [3.05, 3.63) is 17.5 Å². The second kappa shape index (κ2) is 5.44. The van der Waals surface area contributed by atoms with Crippen molar-refractivity contribution in [2.45, 2.75) is 20.8 Å². The van der Waals surface area contributed by atoms with E-state index in [2.05, 4.69) is 26.7 Å². The van der Waals surface area contributed by atoms with E-state index in [0.717, 1.165) is 44.4 Å². The molecule has 1 aliphatic heterocycles. The summed E-state index contributed by atoms with van der Waals surface area (Å²) in [5.41, 5.74) is 1.39. The van der Waals surface area contributed by atoms with E-state index < -0.39 is 0 Å². The largest absolute Gasteiger partial charge is 0.338 e. The molecule has 0 radical (unpaired) electrons. The van der Waals surface area contributed by atoms with Crippen LogP contribution in [0, 0.1) is 6.92 Å². The first-order chi connectivity index (χ1) is 8.61. The maximum atomic E-state index is 11.3. The first-order valence-electron chi connectivity index (χ1n) is 6.43. The molecule has 1 aromatic rings. The molecule has 2 heterocycles. The summed E-state index contributed by atoms with van der Waals surface area (Å²) in [6, 6.07) is 0. The Hall–Kier alpha value is -1.49. The fourth-order valence-corrected chi connectivity index (χ4v) is 2.22. The maximum Gasteiger partial charge on any atom is 0.225 e. The normalized spacial score (nSPS) is 16.9. The van der Waals surface area contributed by atoms with Crippen LogP contribution in [0.5, 0.6) is 0 Å². The molecule has 98 valence electrons. The third-order valence-corrected chi connectivity index (χ3v) is 3.45. The van der Waals surface area contributed by atoms with Gasteiger partial charge in [-0.3, -0.25) is 4.79 Å². The lowest BCUT2D eigenvalue weighted by atomic mass is 10.2. The average molecular weight is 248 g/mol. The third kappa shape index (κ3) is 2.67. The first-order valence-corrected chi connectivity index (χ1v) is 6.43. The number of rotatable bonds is 3. The lowest BCUT2D eigenvalue weighted by Crippen LogP contribution is -2.46. The van der Waals surface area contributed by atoms with Gasteiger partial charge in [0.2, 0.25) is 5.95 Å². The summed E-state index contributed by atoms with van der Waals surface area (Å²) in [5.74, 6) is 0.767. The predicted molar refractivity (Wildman–Crippen MR) is 71.1 cm³/mol. The van der Waals surface area contributed by atoms with Gasteiger partial charge < -0.3 is 9.80 Å². The number of nitrogens with zero attached hydrogens (tertiary/aromatic N) is 4. The third-order valence-electron chi connectivity index (χ3n) is 3.45. The van der Waals surface area contributed by atoms with Crippen LogP contribution in [0.15, 0.2) is 6.20 Å². The highest BCUT2D eigenvalue weighted by Gasteiger charge is 2.18. The Morgan fingerprint density at radius 1 is 1.33 bits per heavy atom. The Morgan fingerprint density at radius 3 is 2.50 bits per heavy atom. The van der Waals surface area contributed by atoms with E-state index in [-0.39, 0.29) is 5.78 Å². The summed E-state index contributed by atoms with van der Waals surface area (Å²) in [7, 11) is 0. The minimum atomic E-state index is 0.0230. The fourth-order valence-electron chi connectivity index (χ4n) is 2.22. The zero-order valence-electron chi connectivity index (χ0n) is 11.3. The van der Waals surface area contributed by atoms with Crippen LogP contribution in [0.1, 0.15) is 29.9 Å². The molecule has 1 fully saturated rings. The molecule has 0 saturated carbocycles. The molecule has 0 unspecified atom stereocenters. The molecule has 0 amide bonds. The monoisotopic (exact) mass is 248 g/mol. The quantitative estimate of drug-likeness (QED) is 0.750. The summed E-state index contributed by atoms with van der Waals surface area (Å²) >= 11 is 0. The molecule has 1 aromatic heterocycles. The molecule has 0 aliphatic carbocycles. The Morgan fingerprint density at radius 2 is 2.00 bits per heavy atom. The number of likely N-dealkylation sites (N-methyl/N-ethyl adjacent to an activating group) is 1. The van der Waals surface area contributed by atoms with E-state index in [9.17, 15) is 4.79 Å². The van der Waals surface area contributed by atoms with E-state index in [1.807, 2.05) is 6.92 Å². The summed E-state index contributed by atoms with van der Waals surface area (Å²) in [5, 5.41) is 0. The molecular formula is C13H20N4O. The lowest BCUT2D eigenvalue weighted by Gasteiger charge is -2.34. The van der Waals surface area contributed by atoms with Gasteiger partial charge >= 0.3 is 0 Å². The van der Waals surface area contributed by atoms with E-state index in [4.69, 9.17) is 0 Å². The smallest absolute Gasteiger partial charge is 0.225 e. The number of aromatic nitrogens is 2. The van der Waals surface area contributed by atoms with Gasteiger partial charge in [-0.15, -0.1) is 0 Å². The first kappa shape index (κ1) is 13.0. The summed E-state index contributed by atoms with van der Waals surface area (Å²) < 4.78 is 0. The number of aryl methyl sites for hydroxylation is 1. The van der Waals surface area contributed by atoms with E-state index in [1.54, 1.807) is 13.1 Å². The van der Waals surface area contributed by atoms with Gasteiger partial charge in [0, 0.05) is 32.4 Å². The molecular weight excluding hydrogens is 228 g/mol. The standard InChI is InChI=1S/C13H20N4O/c1-4-16-5-7-17(8-6-16)13-14-9-12(11(3)18)10(2)15-13/h9H,4-8H2,1-3H3. The van der Waals surface area contributed by atoms with Crippen LogP contribution in [0.2, 0.25) is 0 Å². The van der Waals surface area contributed by atoms with Crippen molar-refractivity contribution in [2.24, 2.45) is 0 Å². The molecule has 5 nitrogen and oxygen atoms in total. The van der Waals surface area contributed by atoms with Crippen LogP contribution in [-0.2, 0) is 0 Å². The van der Waals surface area contributed by atoms with E-state index in [1.165, 1.54) is 0 Å². The highest BCUT2D eigenvalue weighted by molar-refractivity contribution is 5.94. The van der Waals surface area contributed by atoms with Gasteiger partial charge in [0.25, 0.3) is 0 Å². The molecule has 1 aliphatic rings. The van der Waals surface area contributed by atoms with E-state index >= 15 is 0 Å². The SMILES string of the molecule is CCN1CCN(c2ncc(C(C)=O)c(C)n2)CC1. The number of hydrogen-bond acceptors (Lipinski definition) is 5. The number of Topliss-reactive ketones (excluding diaryl/α,β-unsaturated/α-hetero) is 1. The maximum absolute atomic E-state index is 11.3. The van der Waals surface area contributed by atoms with Crippen molar-refractivity contribution in [3.8, 4) is 0 Å². The zero-order chi connectivity index (χ0) is 13.1. The van der Waals surface area contributed by atoms with E-state index in [0.29, 0.717) is 5.56 Å². The molecule has 18 heavy (non-hydrogen) atoms. The van der Waals surface area contributed by atoms with Crippen LogP contribution >= 0.6 is 0 Å². The Balaban J connectivity index is 2.11. The van der Waals surface area contributed by atoms with Crippen LogP contribution in [0.4, 0.5) is 5.95 Å². The van der Waals surface area contributed by atoms with Gasteiger partial charge in [-0.25, -0.2) is 9.97 Å². The fraction of sp³-hybridized carbons (Fsp3) is 0.615. The van der Waals surface area contributed by atoms with Crippen LogP contribution in [0.3, 0.4) is 0 Å². The summed E-state index contributed by atoms with van der Waals surface area (Å²) in [4.78, 5) is 24.7. The number of carbonyl (C=O) groups is 1. The van der Waals surface area contributed by atoms with Crippen molar-refractivity contribution in [3.63, 3.8) is 0 Å².